The normalized spacial score (nSPS) is 24.8. The van der Waals surface area contributed by atoms with Crippen LogP contribution in [0.4, 0.5) is 0 Å². The molecular formula is C19H20. The molecule has 0 spiro atoms. The van der Waals surface area contributed by atoms with E-state index < -0.39 is 0 Å². The Kier molecular flexibility index (Phi) is 2.69. The molecule has 2 aliphatic carbocycles. The van der Waals surface area contributed by atoms with E-state index in [0.29, 0.717) is 0 Å². The van der Waals surface area contributed by atoms with Crippen LogP contribution in [0, 0.1) is 0 Å². The number of hydrogen-bond donors (Lipinski definition) is 0. The molecule has 0 aromatic heterocycles. The zero-order valence-corrected chi connectivity index (χ0v) is 11.3. The van der Waals surface area contributed by atoms with E-state index in [0.717, 1.165) is 11.8 Å². The largest absolute Gasteiger partial charge is 0.0617 e. The van der Waals surface area contributed by atoms with E-state index in [-0.39, 0.29) is 0 Å². The first-order chi connectivity index (χ1) is 9.40. The van der Waals surface area contributed by atoms with E-state index in [1.807, 2.05) is 0 Å². The fraction of sp³-hybridized carbons (Fsp3) is 0.368. The minimum atomic E-state index is 0.758. The van der Waals surface area contributed by atoms with Crippen LogP contribution in [-0.4, -0.2) is 0 Å². The van der Waals surface area contributed by atoms with Gasteiger partial charge >= 0.3 is 0 Å². The number of aryl methyl sites for hydroxylation is 2. The maximum atomic E-state index is 2.46. The van der Waals surface area contributed by atoms with Crippen molar-refractivity contribution in [2.45, 2.75) is 43.9 Å². The zero-order valence-electron chi connectivity index (χ0n) is 11.3. The van der Waals surface area contributed by atoms with Crippen LogP contribution in [-0.2, 0) is 12.8 Å². The number of fused-ring (bicyclic) bond motifs is 7. The zero-order chi connectivity index (χ0) is 12.7. The fourth-order valence-electron chi connectivity index (χ4n) is 3.75. The van der Waals surface area contributed by atoms with Gasteiger partial charge in [0.15, 0.2) is 0 Å². The second kappa shape index (κ2) is 4.52. The summed E-state index contributed by atoms with van der Waals surface area (Å²) in [5.41, 5.74) is 6.19. The number of benzene rings is 2. The Bertz CT molecular complexity index is 543. The number of rotatable bonds is 0. The summed E-state index contributed by atoms with van der Waals surface area (Å²) < 4.78 is 0. The molecule has 0 radical (unpaired) electrons. The van der Waals surface area contributed by atoms with Crippen LogP contribution in [0.5, 0.6) is 0 Å². The first kappa shape index (κ1) is 11.3. The van der Waals surface area contributed by atoms with Crippen LogP contribution in [0.1, 0.15) is 53.4 Å². The number of hydrogen-bond acceptors (Lipinski definition) is 0. The topological polar surface area (TPSA) is 0 Å². The average molecular weight is 248 g/mol. The molecule has 96 valence electrons. The average Bonchev–Trinajstić information content (AvgIpc) is 2.38. The van der Waals surface area contributed by atoms with Crippen molar-refractivity contribution in [3.8, 4) is 0 Å². The van der Waals surface area contributed by atoms with Crippen molar-refractivity contribution in [2.75, 3.05) is 0 Å². The van der Waals surface area contributed by atoms with Gasteiger partial charge in [-0.1, -0.05) is 48.5 Å². The molecular weight excluding hydrogens is 228 g/mol. The minimum absolute atomic E-state index is 0.758. The van der Waals surface area contributed by atoms with E-state index in [4.69, 9.17) is 0 Å². The predicted molar refractivity (Wildman–Crippen MR) is 79.6 cm³/mol. The monoisotopic (exact) mass is 248 g/mol. The van der Waals surface area contributed by atoms with Crippen molar-refractivity contribution in [2.24, 2.45) is 0 Å². The van der Waals surface area contributed by atoms with E-state index in [1.54, 1.807) is 11.1 Å². The summed E-state index contributed by atoms with van der Waals surface area (Å²) in [6.45, 7) is 0. The van der Waals surface area contributed by atoms with Gasteiger partial charge in [-0.25, -0.2) is 0 Å². The Hall–Kier alpha value is -1.56. The van der Waals surface area contributed by atoms with Crippen LogP contribution in [0.2, 0.25) is 0 Å². The molecule has 0 amide bonds. The second-order valence-corrected chi connectivity index (χ2v) is 6.13. The van der Waals surface area contributed by atoms with E-state index in [2.05, 4.69) is 48.5 Å². The smallest absolute Gasteiger partial charge is 0.00928 e. The van der Waals surface area contributed by atoms with Gasteiger partial charge in [-0.2, -0.15) is 0 Å². The van der Waals surface area contributed by atoms with E-state index in [1.165, 1.54) is 43.2 Å². The van der Waals surface area contributed by atoms with Gasteiger partial charge in [0.2, 0.25) is 0 Å². The molecule has 19 heavy (non-hydrogen) atoms. The summed E-state index contributed by atoms with van der Waals surface area (Å²) in [5, 5.41) is 0. The maximum Gasteiger partial charge on any atom is -0.00928 e. The predicted octanol–water partition coefficient (Wildman–Crippen LogP) is 4.84. The highest BCUT2D eigenvalue weighted by molar-refractivity contribution is 5.36. The summed E-state index contributed by atoms with van der Waals surface area (Å²) in [6.07, 6.45) is 6.42. The van der Waals surface area contributed by atoms with Crippen molar-refractivity contribution in [3.63, 3.8) is 0 Å². The molecule has 0 heteroatoms. The van der Waals surface area contributed by atoms with Crippen molar-refractivity contribution in [1.29, 1.82) is 0 Å². The van der Waals surface area contributed by atoms with Crippen LogP contribution in [0.3, 0.4) is 0 Å². The molecule has 2 aliphatic rings. The molecule has 0 saturated heterocycles. The highest BCUT2D eigenvalue weighted by Crippen LogP contribution is 2.49. The highest BCUT2D eigenvalue weighted by atomic mass is 14.4. The second-order valence-electron chi connectivity index (χ2n) is 6.13. The molecule has 0 nitrogen and oxygen atoms in total. The fourth-order valence-corrected chi connectivity index (χ4v) is 3.75. The lowest BCUT2D eigenvalue weighted by Crippen LogP contribution is -2.21. The molecule has 0 heterocycles. The van der Waals surface area contributed by atoms with Crippen LogP contribution >= 0.6 is 0 Å². The lowest BCUT2D eigenvalue weighted by Gasteiger charge is -2.38. The molecule has 4 bridgehead atoms. The summed E-state index contributed by atoms with van der Waals surface area (Å²) in [6, 6.07) is 18.7. The quantitative estimate of drug-likeness (QED) is 0.626. The SMILES string of the molecule is c1cc2cc(c1)[C@H]1CC[C@H]1c1cccc(c1)CCC2. The van der Waals surface area contributed by atoms with Crippen LogP contribution < -0.4 is 0 Å². The van der Waals surface area contributed by atoms with Crippen LogP contribution in [0.15, 0.2) is 48.5 Å². The van der Waals surface area contributed by atoms with Gasteiger partial charge < -0.3 is 0 Å². The van der Waals surface area contributed by atoms with Gasteiger partial charge in [-0.3, -0.25) is 0 Å². The molecule has 1 saturated carbocycles. The maximum absolute atomic E-state index is 2.46. The van der Waals surface area contributed by atoms with Crippen molar-refractivity contribution in [1.82, 2.24) is 0 Å². The molecule has 1 fully saturated rings. The van der Waals surface area contributed by atoms with Crippen molar-refractivity contribution >= 4 is 0 Å². The Morgan fingerprint density at radius 3 is 1.68 bits per heavy atom. The molecule has 0 N–H and O–H groups in total. The minimum Gasteiger partial charge on any atom is -0.0617 e. The van der Waals surface area contributed by atoms with Gasteiger partial charge in [0.05, 0.1) is 0 Å². The van der Waals surface area contributed by atoms with Gasteiger partial charge in [-0.15, -0.1) is 0 Å². The lowest BCUT2D eigenvalue weighted by atomic mass is 9.66. The van der Waals surface area contributed by atoms with Crippen molar-refractivity contribution < 1.29 is 0 Å². The van der Waals surface area contributed by atoms with E-state index >= 15 is 0 Å². The molecule has 0 aliphatic heterocycles. The Balaban J connectivity index is 1.80. The molecule has 2 aromatic rings. The van der Waals surface area contributed by atoms with Gasteiger partial charge in [0.1, 0.15) is 0 Å². The van der Waals surface area contributed by atoms with Crippen molar-refractivity contribution in [3.05, 3.63) is 70.8 Å². The van der Waals surface area contributed by atoms with Gasteiger partial charge in [0.25, 0.3) is 0 Å². The first-order valence-electron chi connectivity index (χ1n) is 7.58. The Labute approximate surface area is 115 Å². The summed E-state index contributed by atoms with van der Waals surface area (Å²) in [5.74, 6) is 1.52. The Morgan fingerprint density at radius 1 is 0.684 bits per heavy atom. The Morgan fingerprint density at radius 2 is 1.21 bits per heavy atom. The third-order valence-corrected chi connectivity index (χ3v) is 4.96. The van der Waals surface area contributed by atoms with Gasteiger partial charge in [-0.05, 0) is 66.2 Å². The lowest BCUT2D eigenvalue weighted by molar-refractivity contribution is 0.346. The molecule has 2 atom stereocenters. The summed E-state index contributed by atoms with van der Waals surface area (Å²) in [4.78, 5) is 0. The standard InChI is InChI=1S/C19H20/c1-4-14-6-2-8-16(12-14)18-10-11-19(18)17-9-3-7-15(5-1)13-17/h2-3,6-9,12-13,18-19H,1,4-5,10-11H2/t18-,19+. The molecule has 4 rings (SSSR count). The first-order valence-corrected chi connectivity index (χ1v) is 7.58. The van der Waals surface area contributed by atoms with E-state index in [9.17, 15) is 0 Å². The third-order valence-electron chi connectivity index (χ3n) is 4.96. The summed E-state index contributed by atoms with van der Waals surface area (Å²) in [7, 11) is 0. The van der Waals surface area contributed by atoms with Crippen LogP contribution in [0.25, 0.3) is 0 Å². The highest BCUT2D eigenvalue weighted by Gasteiger charge is 2.33. The van der Waals surface area contributed by atoms with Gasteiger partial charge in [0, 0.05) is 0 Å². The molecule has 2 aromatic carbocycles. The third kappa shape index (κ3) is 2.00. The molecule has 0 unspecified atom stereocenters. The summed E-state index contributed by atoms with van der Waals surface area (Å²) >= 11 is 0.